The summed E-state index contributed by atoms with van der Waals surface area (Å²) in [5.74, 6) is 0.356. The van der Waals surface area contributed by atoms with Crippen molar-refractivity contribution in [1.29, 1.82) is 0 Å². The molecule has 6 heteroatoms. The Morgan fingerprint density at radius 3 is 2.73 bits per heavy atom. The lowest BCUT2D eigenvalue weighted by atomic mass is 10.0. The molecule has 0 radical (unpaired) electrons. The van der Waals surface area contributed by atoms with Crippen LogP contribution in [-0.2, 0) is 22.7 Å². The molecule has 1 aromatic heterocycles. The number of hydrogen-bond acceptors (Lipinski definition) is 4. The molecule has 0 atom stereocenters. The molecule has 3 rings (SSSR count). The minimum absolute atomic E-state index is 0.136. The molecular formula is C20H23ClN2O3. The van der Waals surface area contributed by atoms with Crippen LogP contribution in [0.5, 0.6) is 0 Å². The molecule has 1 fully saturated rings. The van der Waals surface area contributed by atoms with Gasteiger partial charge in [-0.3, -0.25) is 9.78 Å². The fourth-order valence-electron chi connectivity index (χ4n) is 2.84. The summed E-state index contributed by atoms with van der Waals surface area (Å²) in [7, 11) is 0. The third-order valence-electron chi connectivity index (χ3n) is 4.38. The van der Waals surface area contributed by atoms with Crippen LogP contribution in [0.25, 0.3) is 0 Å². The van der Waals surface area contributed by atoms with Crippen molar-refractivity contribution in [1.82, 2.24) is 10.3 Å². The van der Waals surface area contributed by atoms with Crippen molar-refractivity contribution in [2.24, 2.45) is 5.92 Å². The smallest absolute Gasteiger partial charge is 0.269 e. The number of carbonyl (C=O) groups excluding carboxylic acids is 1. The van der Waals surface area contributed by atoms with E-state index in [9.17, 15) is 4.79 Å². The fraction of sp³-hybridized carbons (Fsp3) is 0.400. The van der Waals surface area contributed by atoms with Gasteiger partial charge in [0.2, 0.25) is 0 Å². The molecule has 5 nitrogen and oxygen atoms in total. The quantitative estimate of drug-likeness (QED) is 0.804. The number of hydrogen-bond donors (Lipinski definition) is 1. The van der Waals surface area contributed by atoms with Gasteiger partial charge in [-0.25, -0.2) is 0 Å². The van der Waals surface area contributed by atoms with Crippen LogP contribution in [0.1, 0.15) is 34.5 Å². The number of halogens is 1. The number of nitrogens with one attached hydrogen (secondary N) is 1. The van der Waals surface area contributed by atoms with Crippen molar-refractivity contribution in [2.45, 2.75) is 26.1 Å². The first kappa shape index (κ1) is 18.8. The summed E-state index contributed by atoms with van der Waals surface area (Å²) in [6.07, 6.45) is 3.68. The van der Waals surface area contributed by atoms with Crippen LogP contribution in [0.2, 0.25) is 5.02 Å². The van der Waals surface area contributed by atoms with Gasteiger partial charge in [-0.15, -0.1) is 0 Å². The molecule has 0 aliphatic carbocycles. The summed E-state index contributed by atoms with van der Waals surface area (Å²) in [6.45, 7) is 3.15. The maximum absolute atomic E-state index is 12.2. The summed E-state index contributed by atoms with van der Waals surface area (Å²) in [4.78, 5) is 16.4. The number of ether oxygens (including phenoxy) is 2. The summed E-state index contributed by atoms with van der Waals surface area (Å²) in [5, 5.41) is 3.66. The number of aromatic nitrogens is 1. The molecule has 0 saturated carbocycles. The van der Waals surface area contributed by atoms with Gasteiger partial charge in [-0.2, -0.15) is 0 Å². The van der Waals surface area contributed by atoms with Gasteiger partial charge in [0.15, 0.2) is 0 Å². The Morgan fingerprint density at radius 2 is 2.00 bits per heavy atom. The van der Waals surface area contributed by atoms with Gasteiger partial charge in [-0.1, -0.05) is 29.8 Å². The number of nitrogens with zero attached hydrogens (tertiary/aromatic N) is 1. The topological polar surface area (TPSA) is 60.5 Å². The van der Waals surface area contributed by atoms with Crippen LogP contribution in [-0.4, -0.2) is 30.6 Å². The minimum atomic E-state index is -0.136. The van der Waals surface area contributed by atoms with Crippen molar-refractivity contribution in [3.05, 3.63) is 64.4 Å². The predicted octanol–water partition coefficient (Wildman–Crippen LogP) is 3.61. The first-order chi connectivity index (χ1) is 12.7. The lowest BCUT2D eigenvalue weighted by Gasteiger charge is -2.22. The Labute approximate surface area is 158 Å². The van der Waals surface area contributed by atoms with Crippen LogP contribution < -0.4 is 5.32 Å². The third-order valence-corrected chi connectivity index (χ3v) is 4.61. The maximum atomic E-state index is 12.2. The Bertz CT molecular complexity index is 715. The normalized spacial score (nSPS) is 15.0. The molecule has 1 aromatic carbocycles. The van der Waals surface area contributed by atoms with E-state index in [2.05, 4.69) is 10.3 Å². The molecule has 1 amide bonds. The molecule has 1 aliphatic heterocycles. The van der Waals surface area contributed by atoms with Crippen LogP contribution >= 0.6 is 11.6 Å². The lowest BCUT2D eigenvalue weighted by Crippen LogP contribution is -2.32. The summed E-state index contributed by atoms with van der Waals surface area (Å²) < 4.78 is 11.0. The van der Waals surface area contributed by atoms with Crippen molar-refractivity contribution >= 4 is 17.5 Å². The molecular weight excluding hydrogens is 352 g/mol. The van der Waals surface area contributed by atoms with Crippen LogP contribution in [0.4, 0.5) is 0 Å². The van der Waals surface area contributed by atoms with Crippen molar-refractivity contribution in [2.75, 3.05) is 19.8 Å². The minimum Gasteiger partial charge on any atom is -0.381 e. The molecule has 2 aromatic rings. The zero-order valence-corrected chi connectivity index (χ0v) is 15.4. The average molecular weight is 375 g/mol. The van der Waals surface area contributed by atoms with E-state index in [-0.39, 0.29) is 5.91 Å². The molecule has 26 heavy (non-hydrogen) atoms. The Kier molecular flexibility index (Phi) is 7.00. The summed E-state index contributed by atoms with van der Waals surface area (Å²) in [6, 6.07) is 11.2. The van der Waals surface area contributed by atoms with E-state index < -0.39 is 0 Å². The zero-order chi connectivity index (χ0) is 18.2. The van der Waals surface area contributed by atoms with E-state index in [1.165, 1.54) is 0 Å². The highest BCUT2D eigenvalue weighted by Crippen LogP contribution is 2.14. The Morgan fingerprint density at radius 1 is 1.19 bits per heavy atom. The number of carbonyl (C=O) groups is 1. The largest absolute Gasteiger partial charge is 0.381 e. The Balaban J connectivity index is 1.43. The van der Waals surface area contributed by atoms with Crippen LogP contribution in [0.15, 0.2) is 42.6 Å². The van der Waals surface area contributed by atoms with Crippen molar-refractivity contribution in [3.8, 4) is 0 Å². The van der Waals surface area contributed by atoms with Crippen molar-refractivity contribution < 1.29 is 14.3 Å². The standard InChI is InChI=1S/C20H23ClN2O3/c21-18-3-1-2-16(10-18)13-26-14-17-4-5-19(22-12-17)20(24)23-11-15-6-8-25-9-7-15/h1-5,10,12,15H,6-9,11,13-14H2,(H,23,24). The SMILES string of the molecule is O=C(NCC1CCOCC1)c1ccc(COCc2cccc(Cl)c2)cn1. The van der Waals surface area contributed by atoms with Crippen LogP contribution in [0, 0.1) is 5.92 Å². The number of rotatable bonds is 7. The summed E-state index contributed by atoms with van der Waals surface area (Å²) in [5.41, 5.74) is 2.37. The van der Waals surface area contributed by atoms with Crippen LogP contribution in [0.3, 0.4) is 0 Å². The highest BCUT2D eigenvalue weighted by Gasteiger charge is 2.15. The molecule has 0 unspecified atom stereocenters. The van der Waals surface area contributed by atoms with Gasteiger partial charge >= 0.3 is 0 Å². The zero-order valence-electron chi connectivity index (χ0n) is 14.6. The molecule has 1 N–H and O–H groups in total. The number of pyridine rings is 1. The van der Waals surface area contributed by atoms with Gasteiger partial charge < -0.3 is 14.8 Å². The molecule has 2 heterocycles. The van der Waals surface area contributed by atoms with E-state index in [0.717, 1.165) is 37.2 Å². The number of amides is 1. The van der Waals surface area contributed by atoms with E-state index >= 15 is 0 Å². The van der Waals surface area contributed by atoms with E-state index in [1.807, 2.05) is 30.3 Å². The summed E-state index contributed by atoms with van der Waals surface area (Å²) >= 11 is 5.95. The highest BCUT2D eigenvalue weighted by atomic mass is 35.5. The molecule has 1 aliphatic rings. The second-order valence-electron chi connectivity index (χ2n) is 6.44. The number of benzene rings is 1. The van der Waals surface area contributed by atoms with Crippen molar-refractivity contribution in [3.63, 3.8) is 0 Å². The predicted molar refractivity (Wildman–Crippen MR) is 100 cm³/mol. The molecule has 1 saturated heterocycles. The van der Waals surface area contributed by atoms with E-state index in [4.69, 9.17) is 21.1 Å². The molecule has 0 spiro atoms. The van der Waals surface area contributed by atoms with Gasteiger partial charge in [-0.05, 0) is 48.1 Å². The Hall–Kier alpha value is -1.95. The fourth-order valence-corrected chi connectivity index (χ4v) is 3.05. The lowest BCUT2D eigenvalue weighted by molar-refractivity contribution is 0.0642. The average Bonchev–Trinajstić information content (AvgIpc) is 2.67. The molecule has 0 bridgehead atoms. The van der Waals surface area contributed by atoms with Gasteiger partial charge in [0, 0.05) is 31.0 Å². The monoisotopic (exact) mass is 374 g/mol. The van der Waals surface area contributed by atoms with E-state index in [0.29, 0.717) is 36.4 Å². The molecule has 138 valence electrons. The third kappa shape index (κ3) is 5.80. The van der Waals surface area contributed by atoms with E-state index in [1.54, 1.807) is 12.3 Å². The van der Waals surface area contributed by atoms with Gasteiger partial charge in [0.1, 0.15) is 5.69 Å². The first-order valence-electron chi connectivity index (χ1n) is 8.84. The second kappa shape index (κ2) is 9.67. The highest BCUT2D eigenvalue weighted by molar-refractivity contribution is 6.30. The first-order valence-corrected chi connectivity index (χ1v) is 9.21. The second-order valence-corrected chi connectivity index (χ2v) is 6.88. The maximum Gasteiger partial charge on any atom is 0.269 e. The van der Waals surface area contributed by atoms with Gasteiger partial charge in [0.25, 0.3) is 5.91 Å². The van der Waals surface area contributed by atoms with Gasteiger partial charge in [0.05, 0.1) is 13.2 Å².